The summed E-state index contributed by atoms with van der Waals surface area (Å²) in [6, 6.07) is 19.9. The van der Waals surface area contributed by atoms with Crippen molar-refractivity contribution in [1.29, 1.82) is 0 Å². The molecule has 190 valence electrons. The molecule has 0 atom stereocenters. The molecule has 1 aromatic heterocycles. The van der Waals surface area contributed by atoms with E-state index in [-0.39, 0.29) is 11.5 Å². The number of H-pyrrole nitrogens is 1. The van der Waals surface area contributed by atoms with E-state index in [4.69, 9.17) is 5.73 Å². The van der Waals surface area contributed by atoms with Crippen LogP contribution in [0.2, 0.25) is 0 Å². The lowest BCUT2D eigenvalue weighted by Gasteiger charge is -2.32. The van der Waals surface area contributed by atoms with Crippen LogP contribution < -0.4 is 5.73 Å². The van der Waals surface area contributed by atoms with Gasteiger partial charge in [0, 0.05) is 48.0 Å². The zero-order valence-corrected chi connectivity index (χ0v) is 20.8. The number of aromatic nitrogens is 1. The van der Waals surface area contributed by atoms with E-state index in [1.54, 1.807) is 24.3 Å². The third-order valence-corrected chi connectivity index (χ3v) is 7.50. The second-order valence-electron chi connectivity index (χ2n) is 9.77. The van der Waals surface area contributed by atoms with Gasteiger partial charge in [-0.05, 0) is 53.2 Å². The third kappa shape index (κ3) is 3.77. The molecule has 0 unspecified atom stereocenters. The Hall–Kier alpha value is -4.69. The molecule has 1 aliphatic rings. The van der Waals surface area contributed by atoms with Gasteiger partial charge in [0.25, 0.3) is 11.8 Å². The maximum absolute atomic E-state index is 13.2. The fourth-order valence-corrected chi connectivity index (χ4v) is 5.50. The van der Waals surface area contributed by atoms with Gasteiger partial charge in [-0.2, -0.15) is 0 Å². The van der Waals surface area contributed by atoms with Gasteiger partial charge in [0.05, 0.1) is 16.6 Å². The lowest BCUT2D eigenvalue weighted by molar-refractivity contribution is 0.0662. The first-order chi connectivity index (χ1) is 18.3. The molecular weight excluding hydrogens is 480 g/mol. The van der Waals surface area contributed by atoms with Crippen molar-refractivity contribution < 1.29 is 19.5 Å². The number of nitrogens with zero attached hydrogens (tertiary/aromatic N) is 2. The molecule has 6 rings (SSSR count). The predicted octanol–water partition coefficient (Wildman–Crippen LogP) is 4.33. The number of hydrogen-bond acceptors (Lipinski definition) is 4. The smallest absolute Gasteiger partial charge is 0.336 e. The van der Waals surface area contributed by atoms with Crippen molar-refractivity contribution in [3.63, 3.8) is 0 Å². The number of carbonyl (C=O) groups excluding carboxylic acids is 2. The lowest BCUT2D eigenvalue weighted by Crippen LogP contribution is -2.47. The zero-order valence-electron chi connectivity index (χ0n) is 20.8. The zero-order chi connectivity index (χ0) is 26.6. The summed E-state index contributed by atoms with van der Waals surface area (Å²) in [6.45, 7) is 3.02. The molecular formula is C30H26N4O4. The second kappa shape index (κ2) is 9.00. The van der Waals surface area contributed by atoms with E-state index in [1.165, 1.54) is 0 Å². The van der Waals surface area contributed by atoms with Crippen LogP contribution in [0.1, 0.15) is 31.1 Å². The molecule has 0 aliphatic carbocycles. The maximum Gasteiger partial charge on any atom is 0.336 e. The SMILES string of the molecule is CN1CCN(C(=O)c2ccc3c(c2)[nH]c2c(C(N)=O)ccc(-c4cccc5c(C(=O)O)cccc45)c23)CC1. The molecule has 2 amide bonds. The number of benzene rings is 4. The number of amides is 2. The van der Waals surface area contributed by atoms with Gasteiger partial charge in [-0.25, -0.2) is 4.79 Å². The molecule has 38 heavy (non-hydrogen) atoms. The van der Waals surface area contributed by atoms with Crippen molar-refractivity contribution in [3.8, 4) is 11.1 Å². The Labute approximate surface area is 218 Å². The van der Waals surface area contributed by atoms with Crippen LogP contribution >= 0.6 is 0 Å². The number of carboxylic acids is 1. The van der Waals surface area contributed by atoms with E-state index in [1.807, 2.05) is 54.4 Å². The van der Waals surface area contributed by atoms with Gasteiger partial charge in [-0.1, -0.05) is 42.5 Å². The van der Waals surface area contributed by atoms with Crippen LogP contribution in [0.25, 0.3) is 43.7 Å². The topological polar surface area (TPSA) is 120 Å². The molecule has 4 N–H and O–H groups in total. The molecule has 1 fully saturated rings. The number of likely N-dealkylation sites (N-methyl/N-ethyl adjacent to an activating group) is 1. The maximum atomic E-state index is 13.2. The summed E-state index contributed by atoms with van der Waals surface area (Å²) >= 11 is 0. The summed E-state index contributed by atoms with van der Waals surface area (Å²) in [5.74, 6) is -1.58. The summed E-state index contributed by atoms with van der Waals surface area (Å²) in [5.41, 5.74) is 9.86. The number of aromatic carboxylic acids is 1. The predicted molar refractivity (Wildman–Crippen MR) is 148 cm³/mol. The highest BCUT2D eigenvalue weighted by Crippen LogP contribution is 2.40. The van der Waals surface area contributed by atoms with E-state index in [2.05, 4.69) is 9.88 Å². The molecule has 0 bridgehead atoms. The monoisotopic (exact) mass is 506 g/mol. The van der Waals surface area contributed by atoms with Crippen LogP contribution in [0.15, 0.2) is 66.7 Å². The largest absolute Gasteiger partial charge is 0.478 e. The normalized spacial score (nSPS) is 14.4. The van der Waals surface area contributed by atoms with Crippen LogP contribution in [0.5, 0.6) is 0 Å². The lowest BCUT2D eigenvalue weighted by atomic mass is 9.91. The molecule has 4 aromatic carbocycles. The number of piperazine rings is 1. The van der Waals surface area contributed by atoms with Gasteiger partial charge >= 0.3 is 5.97 Å². The molecule has 1 saturated heterocycles. The standard InChI is InChI=1S/C30H26N4O4/c1-33-12-14-34(15-13-33)29(36)17-8-9-23-25(16-17)32-27-24(28(31)35)11-10-21(26(23)27)19-5-2-6-20-18(19)4-3-7-22(20)30(37)38/h2-11,16,32H,12-15H2,1H3,(H2,31,35)(H,37,38). The minimum atomic E-state index is -0.994. The average Bonchev–Trinajstić information content (AvgIpc) is 3.30. The first-order valence-corrected chi connectivity index (χ1v) is 12.4. The number of carbonyl (C=O) groups is 3. The van der Waals surface area contributed by atoms with E-state index in [9.17, 15) is 19.5 Å². The summed E-state index contributed by atoms with van der Waals surface area (Å²) < 4.78 is 0. The molecule has 8 heteroatoms. The Bertz CT molecular complexity index is 1780. The van der Waals surface area contributed by atoms with Gasteiger partial charge in [0.2, 0.25) is 0 Å². The molecule has 1 aliphatic heterocycles. The summed E-state index contributed by atoms with van der Waals surface area (Å²) in [4.78, 5) is 44.8. The number of nitrogens with two attached hydrogens (primary N) is 1. The summed E-state index contributed by atoms with van der Waals surface area (Å²) in [7, 11) is 2.05. The van der Waals surface area contributed by atoms with Gasteiger partial charge < -0.3 is 25.6 Å². The van der Waals surface area contributed by atoms with Crippen LogP contribution in [0.4, 0.5) is 0 Å². The molecule has 0 spiro atoms. The first kappa shape index (κ1) is 23.7. The van der Waals surface area contributed by atoms with Crippen LogP contribution in [0, 0.1) is 0 Å². The fraction of sp³-hybridized carbons (Fsp3) is 0.167. The highest BCUT2D eigenvalue weighted by Gasteiger charge is 2.23. The Balaban J connectivity index is 1.56. The van der Waals surface area contributed by atoms with Crippen LogP contribution in [0.3, 0.4) is 0 Å². The molecule has 0 saturated carbocycles. The van der Waals surface area contributed by atoms with Crippen molar-refractivity contribution in [1.82, 2.24) is 14.8 Å². The van der Waals surface area contributed by atoms with Crippen molar-refractivity contribution in [2.75, 3.05) is 33.2 Å². The fourth-order valence-electron chi connectivity index (χ4n) is 5.50. The number of rotatable bonds is 4. The number of primary amides is 1. The summed E-state index contributed by atoms with van der Waals surface area (Å²) in [6.07, 6.45) is 0. The number of nitrogens with one attached hydrogen (secondary N) is 1. The van der Waals surface area contributed by atoms with Crippen LogP contribution in [-0.2, 0) is 0 Å². The number of carboxylic acid groups (broad SMARTS) is 1. The van der Waals surface area contributed by atoms with Crippen LogP contribution in [-0.4, -0.2) is 70.9 Å². The van der Waals surface area contributed by atoms with Crippen molar-refractivity contribution in [2.24, 2.45) is 5.73 Å². The van der Waals surface area contributed by atoms with Gasteiger partial charge in [-0.15, -0.1) is 0 Å². The van der Waals surface area contributed by atoms with Gasteiger partial charge in [0.1, 0.15) is 0 Å². The number of hydrogen-bond donors (Lipinski definition) is 3. The molecule has 8 nitrogen and oxygen atoms in total. The summed E-state index contributed by atoms with van der Waals surface area (Å²) in [5, 5.41) is 12.8. The minimum absolute atomic E-state index is 0.0238. The van der Waals surface area contributed by atoms with E-state index in [0.717, 1.165) is 45.9 Å². The van der Waals surface area contributed by atoms with Gasteiger partial charge in [-0.3, -0.25) is 9.59 Å². The van der Waals surface area contributed by atoms with Gasteiger partial charge in [0.15, 0.2) is 0 Å². The second-order valence-corrected chi connectivity index (χ2v) is 9.77. The third-order valence-electron chi connectivity index (χ3n) is 7.50. The highest BCUT2D eigenvalue weighted by atomic mass is 16.4. The molecule has 0 radical (unpaired) electrons. The Morgan fingerprint density at radius 2 is 1.55 bits per heavy atom. The first-order valence-electron chi connectivity index (χ1n) is 12.4. The number of aromatic amines is 1. The van der Waals surface area contributed by atoms with Crippen molar-refractivity contribution in [2.45, 2.75) is 0 Å². The van der Waals surface area contributed by atoms with E-state index < -0.39 is 11.9 Å². The molecule has 5 aromatic rings. The van der Waals surface area contributed by atoms with Crippen molar-refractivity contribution in [3.05, 3.63) is 83.4 Å². The number of fused-ring (bicyclic) bond motifs is 4. The average molecular weight is 507 g/mol. The van der Waals surface area contributed by atoms with E-state index in [0.29, 0.717) is 35.1 Å². The highest BCUT2D eigenvalue weighted by molar-refractivity contribution is 6.22. The Morgan fingerprint density at radius 3 is 2.29 bits per heavy atom. The minimum Gasteiger partial charge on any atom is -0.478 e. The molecule has 2 heterocycles. The van der Waals surface area contributed by atoms with Crippen molar-refractivity contribution >= 4 is 50.4 Å². The quantitative estimate of drug-likeness (QED) is 0.335. The Kier molecular flexibility index (Phi) is 5.61. The Morgan fingerprint density at radius 1 is 0.816 bits per heavy atom. The van der Waals surface area contributed by atoms with E-state index >= 15 is 0 Å².